The molecule has 3 heteroatoms. The van der Waals surface area contributed by atoms with E-state index in [0.717, 1.165) is 16.7 Å². The topological polar surface area (TPSA) is 25.8 Å². The molecule has 0 spiro atoms. The molecule has 0 aliphatic rings. The Bertz CT molecular complexity index is 1240. The minimum Gasteiger partial charge on any atom is -0.255 e. The zero-order chi connectivity index (χ0) is 19.9. The number of hydrogen-bond acceptors (Lipinski definition) is 2. The molecular weight excluding hydrogens is 359 g/mol. The molecule has 29 heavy (non-hydrogen) atoms. The van der Waals surface area contributed by atoms with Crippen molar-refractivity contribution in [2.45, 2.75) is 0 Å². The monoisotopic (exact) mass is 374 g/mol. The maximum atomic E-state index is 13.3. The molecule has 2 aromatic heterocycles. The fraction of sp³-hybridized carbons (Fsp3) is 0. The Balaban J connectivity index is 1.85. The second kappa shape index (κ2) is 8.65. The van der Waals surface area contributed by atoms with Gasteiger partial charge in [-0.2, -0.15) is 4.39 Å². The summed E-state index contributed by atoms with van der Waals surface area (Å²) in [5.41, 5.74) is 4.56. The normalized spacial score (nSPS) is 9.69. The highest BCUT2D eigenvalue weighted by Gasteiger charge is 2.10. The first-order valence-electron chi connectivity index (χ1n) is 9.05. The van der Waals surface area contributed by atoms with E-state index in [-0.39, 0.29) is 0 Å². The van der Waals surface area contributed by atoms with Crippen LogP contribution in [-0.2, 0) is 0 Å². The van der Waals surface area contributed by atoms with Gasteiger partial charge < -0.3 is 0 Å². The zero-order valence-corrected chi connectivity index (χ0v) is 15.4. The molecule has 2 aromatic carbocycles. The van der Waals surface area contributed by atoms with Crippen LogP contribution in [0.25, 0.3) is 11.3 Å². The standard InChI is InChI=1S/C26H15FN2/c27-25-16-14-23(19-29-25)26-24(15-12-21-9-5-2-6-10-21)22(17-18-28-26)13-11-20-7-3-1-4-8-20/h1-10,14,16-19H. The zero-order valence-electron chi connectivity index (χ0n) is 15.4. The third-order valence-electron chi connectivity index (χ3n) is 4.17. The lowest BCUT2D eigenvalue weighted by atomic mass is 10.0. The Morgan fingerprint density at radius 1 is 0.621 bits per heavy atom. The van der Waals surface area contributed by atoms with E-state index >= 15 is 0 Å². The number of halogens is 1. The second-order valence-corrected chi connectivity index (χ2v) is 6.18. The Morgan fingerprint density at radius 2 is 1.28 bits per heavy atom. The van der Waals surface area contributed by atoms with Crippen molar-refractivity contribution in [1.29, 1.82) is 0 Å². The predicted octanol–water partition coefficient (Wildman–Crippen LogP) is 5.08. The molecule has 136 valence electrons. The van der Waals surface area contributed by atoms with Crippen molar-refractivity contribution in [3.63, 3.8) is 0 Å². The van der Waals surface area contributed by atoms with Crippen LogP contribution < -0.4 is 0 Å². The molecule has 4 aromatic rings. The highest BCUT2D eigenvalue weighted by molar-refractivity contribution is 5.71. The molecule has 0 aliphatic heterocycles. The molecule has 0 amide bonds. The van der Waals surface area contributed by atoms with Gasteiger partial charge in [0.15, 0.2) is 0 Å². The third-order valence-corrected chi connectivity index (χ3v) is 4.17. The number of hydrogen-bond donors (Lipinski definition) is 0. The SMILES string of the molecule is Fc1ccc(-c2nccc(C#Cc3ccccc3)c2C#Cc2ccccc2)cn1. The van der Waals surface area contributed by atoms with Crippen molar-refractivity contribution in [2.75, 3.05) is 0 Å². The number of pyridine rings is 2. The van der Waals surface area contributed by atoms with Crippen LogP contribution in [0.2, 0.25) is 0 Å². The van der Waals surface area contributed by atoms with Crippen LogP contribution in [0.15, 0.2) is 91.3 Å². The number of benzene rings is 2. The van der Waals surface area contributed by atoms with Crippen LogP contribution in [0.4, 0.5) is 4.39 Å². The Hall–Kier alpha value is -4.21. The van der Waals surface area contributed by atoms with E-state index in [1.54, 1.807) is 12.3 Å². The van der Waals surface area contributed by atoms with Gasteiger partial charge in [0.1, 0.15) is 0 Å². The minimum atomic E-state index is -0.536. The Morgan fingerprint density at radius 3 is 1.90 bits per heavy atom. The van der Waals surface area contributed by atoms with Gasteiger partial charge in [-0.15, -0.1) is 0 Å². The van der Waals surface area contributed by atoms with Gasteiger partial charge in [0.2, 0.25) is 5.95 Å². The molecule has 0 radical (unpaired) electrons. The van der Waals surface area contributed by atoms with E-state index in [2.05, 4.69) is 33.6 Å². The van der Waals surface area contributed by atoms with E-state index in [0.29, 0.717) is 16.8 Å². The fourth-order valence-electron chi connectivity index (χ4n) is 2.74. The lowest BCUT2D eigenvalue weighted by Gasteiger charge is -2.06. The van der Waals surface area contributed by atoms with E-state index in [1.165, 1.54) is 12.3 Å². The summed E-state index contributed by atoms with van der Waals surface area (Å²) in [6.07, 6.45) is 3.14. The summed E-state index contributed by atoms with van der Waals surface area (Å²) < 4.78 is 13.3. The van der Waals surface area contributed by atoms with Crippen LogP contribution in [0.1, 0.15) is 22.3 Å². The smallest absolute Gasteiger partial charge is 0.212 e. The summed E-state index contributed by atoms with van der Waals surface area (Å²) in [6, 6.07) is 24.3. The first-order chi connectivity index (χ1) is 14.3. The summed E-state index contributed by atoms with van der Waals surface area (Å²) in [5.74, 6) is 12.2. The molecule has 0 bridgehead atoms. The summed E-state index contributed by atoms with van der Waals surface area (Å²) in [4.78, 5) is 8.22. The van der Waals surface area contributed by atoms with Crippen molar-refractivity contribution in [1.82, 2.24) is 9.97 Å². The lowest BCUT2D eigenvalue weighted by Crippen LogP contribution is -1.95. The highest BCUT2D eigenvalue weighted by Crippen LogP contribution is 2.23. The van der Waals surface area contributed by atoms with Gasteiger partial charge in [0.25, 0.3) is 0 Å². The summed E-state index contributed by atoms with van der Waals surface area (Å²) in [6.45, 7) is 0. The quantitative estimate of drug-likeness (QED) is 0.343. The van der Waals surface area contributed by atoms with Gasteiger partial charge in [-0.1, -0.05) is 60.1 Å². The van der Waals surface area contributed by atoms with Crippen LogP contribution in [0.5, 0.6) is 0 Å². The van der Waals surface area contributed by atoms with Crippen LogP contribution in [0.3, 0.4) is 0 Å². The molecule has 0 fully saturated rings. The molecule has 4 rings (SSSR count). The van der Waals surface area contributed by atoms with E-state index < -0.39 is 5.95 Å². The second-order valence-electron chi connectivity index (χ2n) is 6.18. The minimum absolute atomic E-state index is 0.536. The third kappa shape index (κ3) is 4.56. The van der Waals surface area contributed by atoms with Gasteiger partial charge in [0.05, 0.1) is 11.3 Å². The Kier molecular flexibility index (Phi) is 5.42. The summed E-state index contributed by atoms with van der Waals surface area (Å²) in [7, 11) is 0. The predicted molar refractivity (Wildman–Crippen MR) is 112 cm³/mol. The number of rotatable bonds is 1. The van der Waals surface area contributed by atoms with Gasteiger partial charge >= 0.3 is 0 Å². The van der Waals surface area contributed by atoms with E-state index in [9.17, 15) is 4.39 Å². The average Bonchev–Trinajstić information content (AvgIpc) is 2.78. The van der Waals surface area contributed by atoms with Crippen molar-refractivity contribution >= 4 is 0 Å². The molecule has 0 aliphatic carbocycles. The molecule has 0 unspecified atom stereocenters. The van der Waals surface area contributed by atoms with Crippen molar-refractivity contribution in [2.24, 2.45) is 0 Å². The largest absolute Gasteiger partial charge is 0.255 e. The van der Waals surface area contributed by atoms with Crippen molar-refractivity contribution in [3.05, 3.63) is 119 Å². The average molecular weight is 374 g/mol. The lowest BCUT2D eigenvalue weighted by molar-refractivity contribution is 0.584. The number of nitrogens with zero attached hydrogens (tertiary/aromatic N) is 2. The Labute approximate surface area is 169 Å². The molecule has 2 nitrogen and oxygen atoms in total. The summed E-state index contributed by atoms with van der Waals surface area (Å²) >= 11 is 0. The maximum absolute atomic E-state index is 13.3. The molecule has 0 atom stereocenters. The molecule has 0 saturated heterocycles. The van der Waals surface area contributed by atoms with Crippen molar-refractivity contribution < 1.29 is 4.39 Å². The van der Waals surface area contributed by atoms with Gasteiger partial charge in [-0.05, 0) is 42.5 Å². The van der Waals surface area contributed by atoms with Gasteiger partial charge in [0, 0.05) is 34.6 Å². The molecular formula is C26H15FN2. The highest BCUT2D eigenvalue weighted by atomic mass is 19.1. The van der Waals surface area contributed by atoms with Crippen LogP contribution in [-0.4, -0.2) is 9.97 Å². The first kappa shape index (κ1) is 18.2. The van der Waals surface area contributed by atoms with Gasteiger partial charge in [-0.25, -0.2) is 4.98 Å². The van der Waals surface area contributed by atoms with E-state index in [1.807, 2.05) is 66.7 Å². The van der Waals surface area contributed by atoms with Crippen molar-refractivity contribution in [3.8, 4) is 34.9 Å². The van der Waals surface area contributed by atoms with Gasteiger partial charge in [-0.3, -0.25) is 4.98 Å². The van der Waals surface area contributed by atoms with Crippen LogP contribution >= 0.6 is 0 Å². The summed E-state index contributed by atoms with van der Waals surface area (Å²) in [5, 5.41) is 0. The molecule has 2 heterocycles. The maximum Gasteiger partial charge on any atom is 0.212 e. The first-order valence-corrected chi connectivity index (χ1v) is 9.05. The fourth-order valence-corrected chi connectivity index (χ4v) is 2.74. The molecule has 0 saturated carbocycles. The van der Waals surface area contributed by atoms with E-state index in [4.69, 9.17) is 0 Å². The van der Waals surface area contributed by atoms with Crippen LogP contribution in [0, 0.1) is 29.6 Å². The number of aromatic nitrogens is 2. The molecule has 0 N–H and O–H groups in total.